The van der Waals surface area contributed by atoms with E-state index in [9.17, 15) is 17.6 Å². The van der Waals surface area contributed by atoms with Gasteiger partial charge >= 0.3 is 0 Å². The lowest BCUT2D eigenvalue weighted by molar-refractivity contribution is -0.122. The SMILES string of the molecule is CCOc1ccc(CNC(=O)[C@H](CC)N(c2ccc(F)cc2)S(C)(=O)=O)cc1. The Morgan fingerprint density at radius 3 is 2.21 bits per heavy atom. The molecule has 152 valence electrons. The highest BCUT2D eigenvalue weighted by molar-refractivity contribution is 7.92. The number of sulfonamides is 1. The van der Waals surface area contributed by atoms with E-state index >= 15 is 0 Å². The molecule has 0 aliphatic heterocycles. The van der Waals surface area contributed by atoms with Crippen molar-refractivity contribution in [2.45, 2.75) is 32.9 Å². The molecule has 8 heteroatoms. The number of rotatable bonds is 9. The first-order valence-electron chi connectivity index (χ1n) is 9.00. The third-order valence-corrected chi connectivity index (χ3v) is 5.29. The summed E-state index contributed by atoms with van der Waals surface area (Å²) in [6.45, 7) is 4.44. The number of nitrogens with one attached hydrogen (secondary N) is 1. The molecule has 0 saturated heterocycles. The van der Waals surface area contributed by atoms with Crippen molar-refractivity contribution in [3.05, 3.63) is 59.9 Å². The zero-order valence-corrected chi connectivity index (χ0v) is 17.0. The molecule has 0 radical (unpaired) electrons. The van der Waals surface area contributed by atoms with Crippen LogP contribution >= 0.6 is 0 Å². The molecule has 0 heterocycles. The topological polar surface area (TPSA) is 75.7 Å². The fraction of sp³-hybridized carbons (Fsp3) is 0.350. The second kappa shape index (κ2) is 9.54. The van der Waals surface area contributed by atoms with Crippen molar-refractivity contribution in [1.29, 1.82) is 0 Å². The number of benzene rings is 2. The highest BCUT2D eigenvalue weighted by Crippen LogP contribution is 2.23. The summed E-state index contributed by atoms with van der Waals surface area (Å²) in [6, 6.07) is 11.4. The number of carbonyl (C=O) groups excluding carboxylic acids is 1. The lowest BCUT2D eigenvalue weighted by Gasteiger charge is -2.30. The third kappa shape index (κ3) is 5.69. The van der Waals surface area contributed by atoms with Gasteiger partial charge in [-0.2, -0.15) is 0 Å². The van der Waals surface area contributed by atoms with Crippen LogP contribution < -0.4 is 14.4 Å². The maximum Gasteiger partial charge on any atom is 0.244 e. The van der Waals surface area contributed by atoms with E-state index in [2.05, 4.69) is 5.32 Å². The van der Waals surface area contributed by atoms with Crippen molar-refractivity contribution in [2.75, 3.05) is 17.2 Å². The van der Waals surface area contributed by atoms with Gasteiger partial charge in [-0.05, 0) is 55.3 Å². The molecule has 1 amide bonds. The molecule has 1 N–H and O–H groups in total. The van der Waals surface area contributed by atoms with Crippen molar-refractivity contribution in [3.8, 4) is 5.75 Å². The summed E-state index contributed by atoms with van der Waals surface area (Å²) in [4.78, 5) is 12.7. The number of hydrogen-bond donors (Lipinski definition) is 1. The number of carbonyl (C=O) groups is 1. The molecule has 0 bridgehead atoms. The van der Waals surface area contributed by atoms with E-state index in [4.69, 9.17) is 4.74 Å². The van der Waals surface area contributed by atoms with Gasteiger partial charge in [0.05, 0.1) is 18.6 Å². The first-order valence-corrected chi connectivity index (χ1v) is 10.9. The zero-order valence-electron chi connectivity index (χ0n) is 16.2. The van der Waals surface area contributed by atoms with Crippen LogP contribution in [0.2, 0.25) is 0 Å². The van der Waals surface area contributed by atoms with E-state index < -0.39 is 27.8 Å². The third-order valence-electron chi connectivity index (χ3n) is 4.11. The molecule has 1 atom stereocenters. The minimum absolute atomic E-state index is 0.243. The molecule has 0 aliphatic rings. The summed E-state index contributed by atoms with van der Waals surface area (Å²) in [5, 5.41) is 2.78. The Labute approximate surface area is 165 Å². The van der Waals surface area contributed by atoms with Crippen LogP contribution in [-0.4, -0.2) is 33.2 Å². The number of hydrogen-bond acceptors (Lipinski definition) is 4. The molecule has 2 aromatic carbocycles. The smallest absolute Gasteiger partial charge is 0.244 e. The van der Waals surface area contributed by atoms with Crippen molar-refractivity contribution in [1.82, 2.24) is 5.32 Å². The summed E-state index contributed by atoms with van der Waals surface area (Å²) in [7, 11) is -3.75. The Hall–Kier alpha value is -2.61. The van der Waals surface area contributed by atoms with Gasteiger partial charge in [0.1, 0.15) is 17.6 Å². The van der Waals surface area contributed by atoms with Crippen LogP contribution in [0.5, 0.6) is 5.75 Å². The summed E-state index contributed by atoms with van der Waals surface area (Å²) < 4.78 is 44.3. The number of anilines is 1. The molecular weight excluding hydrogens is 383 g/mol. The molecule has 6 nitrogen and oxygen atoms in total. The molecular formula is C20H25FN2O4S. The van der Waals surface area contributed by atoms with Crippen LogP contribution in [0.25, 0.3) is 0 Å². The second-order valence-corrected chi connectivity index (χ2v) is 8.11. The molecule has 2 aromatic rings. The quantitative estimate of drug-likeness (QED) is 0.692. The first kappa shape index (κ1) is 21.7. The number of nitrogens with zero attached hydrogens (tertiary/aromatic N) is 1. The van der Waals surface area contributed by atoms with Crippen molar-refractivity contribution in [3.63, 3.8) is 0 Å². The van der Waals surface area contributed by atoms with Crippen LogP contribution in [0.1, 0.15) is 25.8 Å². The summed E-state index contributed by atoms with van der Waals surface area (Å²) in [5.74, 6) is -0.167. The van der Waals surface area contributed by atoms with Crippen LogP contribution in [0.15, 0.2) is 48.5 Å². The number of ether oxygens (including phenoxy) is 1. The van der Waals surface area contributed by atoms with E-state index in [-0.39, 0.29) is 18.7 Å². The maximum atomic E-state index is 13.2. The number of amides is 1. The van der Waals surface area contributed by atoms with Gasteiger partial charge in [-0.1, -0.05) is 19.1 Å². The lowest BCUT2D eigenvalue weighted by Crippen LogP contribution is -2.49. The van der Waals surface area contributed by atoms with Crippen LogP contribution in [0, 0.1) is 5.82 Å². The maximum absolute atomic E-state index is 13.2. The van der Waals surface area contributed by atoms with E-state index in [0.717, 1.165) is 34.0 Å². The largest absolute Gasteiger partial charge is 0.494 e. The van der Waals surface area contributed by atoms with Gasteiger partial charge in [0.15, 0.2) is 0 Å². The van der Waals surface area contributed by atoms with Crippen molar-refractivity contribution < 1.29 is 22.3 Å². The van der Waals surface area contributed by atoms with E-state index in [1.807, 2.05) is 31.2 Å². The Bertz CT molecular complexity index is 883. The normalized spacial score (nSPS) is 12.3. The average Bonchev–Trinajstić information content (AvgIpc) is 2.65. The van der Waals surface area contributed by atoms with Crippen molar-refractivity contribution in [2.24, 2.45) is 0 Å². The Kier molecular flexibility index (Phi) is 7.39. The minimum Gasteiger partial charge on any atom is -0.494 e. The molecule has 0 fully saturated rings. The zero-order chi connectivity index (χ0) is 20.7. The summed E-state index contributed by atoms with van der Waals surface area (Å²) in [5.41, 5.74) is 1.10. The van der Waals surface area contributed by atoms with Gasteiger partial charge in [-0.15, -0.1) is 0 Å². The molecule has 0 aromatic heterocycles. The van der Waals surface area contributed by atoms with Crippen molar-refractivity contribution >= 4 is 21.6 Å². The van der Waals surface area contributed by atoms with Crippen LogP contribution in [0.4, 0.5) is 10.1 Å². The monoisotopic (exact) mass is 408 g/mol. The van der Waals surface area contributed by atoms with Gasteiger partial charge in [-0.3, -0.25) is 9.10 Å². The Morgan fingerprint density at radius 1 is 1.11 bits per heavy atom. The molecule has 0 aliphatic carbocycles. The predicted molar refractivity (Wildman–Crippen MR) is 107 cm³/mol. The first-order chi connectivity index (χ1) is 13.3. The Morgan fingerprint density at radius 2 is 1.71 bits per heavy atom. The highest BCUT2D eigenvalue weighted by atomic mass is 32.2. The summed E-state index contributed by atoms with van der Waals surface area (Å²) >= 11 is 0. The standard InChI is InChI=1S/C20H25FN2O4S/c1-4-19(23(28(3,25)26)17-10-8-16(21)9-11-17)20(24)22-14-15-6-12-18(13-7-15)27-5-2/h6-13,19H,4-5,14H2,1-3H3,(H,22,24)/t19-/m0/s1. The van der Waals surface area contributed by atoms with E-state index in [0.29, 0.717) is 6.61 Å². The lowest BCUT2D eigenvalue weighted by atomic mass is 10.1. The van der Waals surface area contributed by atoms with E-state index in [1.54, 1.807) is 6.92 Å². The van der Waals surface area contributed by atoms with Gasteiger partial charge in [-0.25, -0.2) is 12.8 Å². The molecule has 0 unspecified atom stereocenters. The molecule has 0 spiro atoms. The van der Waals surface area contributed by atoms with Crippen LogP contribution in [0.3, 0.4) is 0 Å². The van der Waals surface area contributed by atoms with E-state index in [1.165, 1.54) is 12.1 Å². The molecule has 0 saturated carbocycles. The average molecular weight is 408 g/mol. The fourth-order valence-corrected chi connectivity index (χ4v) is 4.04. The Balaban J connectivity index is 2.16. The fourth-order valence-electron chi connectivity index (χ4n) is 2.83. The minimum atomic E-state index is -3.75. The van der Waals surface area contributed by atoms with Gasteiger partial charge in [0, 0.05) is 6.54 Å². The predicted octanol–water partition coefficient (Wildman–Crippen LogP) is 3.09. The van der Waals surface area contributed by atoms with Gasteiger partial charge in [0.2, 0.25) is 15.9 Å². The molecule has 28 heavy (non-hydrogen) atoms. The van der Waals surface area contributed by atoms with Gasteiger partial charge in [0.25, 0.3) is 0 Å². The summed E-state index contributed by atoms with van der Waals surface area (Å²) in [6.07, 6.45) is 1.29. The second-order valence-electron chi connectivity index (χ2n) is 6.25. The van der Waals surface area contributed by atoms with Gasteiger partial charge < -0.3 is 10.1 Å². The number of halogens is 1. The highest BCUT2D eigenvalue weighted by Gasteiger charge is 2.31. The van der Waals surface area contributed by atoms with Crippen LogP contribution in [-0.2, 0) is 21.4 Å². The molecule has 2 rings (SSSR count).